The van der Waals surface area contributed by atoms with Gasteiger partial charge in [0.1, 0.15) is 0 Å². The molecule has 0 aromatic rings. The SMILES string of the molecule is O=C(C1CC1)N1CCC[C@H](C(=O)N(C2CCCC2)C2CCCC2)C1. The first-order chi connectivity index (χ1) is 11.7. The molecule has 4 nitrogen and oxygen atoms in total. The van der Waals surface area contributed by atoms with Crippen LogP contribution in [0.15, 0.2) is 0 Å². The molecule has 134 valence electrons. The maximum atomic E-state index is 13.4. The maximum absolute atomic E-state index is 13.4. The van der Waals surface area contributed by atoms with E-state index in [9.17, 15) is 9.59 Å². The zero-order chi connectivity index (χ0) is 16.5. The fraction of sp³-hybridized carbons (Fsp3) is 0.900. The molecule has 0 bridgehead atoms. The number of hydrogen-bond donors (Lipinski definition) is 0. The van der Waals surface area contributed by atoms with E-state index in [0.29, 0.717) is 30.4 Å². The number of carbonyl (C=O) groups is 2. The summed E-state index contributed by atoms with van der Waals surface area (Å²) >= 11 is 0. The third-order valence-electron chi connectivity index (χ3n) is 6.70. The van der Waals surface area contributed by atoms with Crippen LogP contribution in [0.3, 0.4) is 0 Å². The maximum Gasteiger partial charge on any atom is 0.227 e. The zero-order valence-corrected chi connectivity index (χ0v) is 14.9. The summed E-state index contributed by atoms with van der Waals surface area (Å²) in [6.07, 6.45) is 14.0. The van der Waals surface area contributed by atoms with E-state index in [1.54, 1.807) is 0 Å². The van der Waals surface area contributed by atoms with Crippen molar-refractivity contribution >= 4 is 11.8 Å². The second-order valence-electron chi connectivity index (χ2n) is 8.52. The zero-order valence-electron chi connectivity index (χ0n) is 14.9. The Morgan fingerprint density at radius 1 is 0.708 bits per heavy atom. The van der Waals surface area contributed by atoms with E-state index in [-0.39, 0.29) is 11.8 Å². The van der Waals surface area contributed by atoms with E-state index in [4.69, 9.17) is 0 Å². The number of carbonyl (C=O) groups excluding carboxylic acids is 2. The summed E-state index contributed by atoms with van der Waals surface area (Å²) in [6, 6.07) is 0.963. The molecule has 2 amide bonds. The Morgan fingerprint density at radius 2 is 1.29 bits per heavy atom. The van der Waals surface area contributed by atoms with Gasteiger partial charge in [0.05, 0.1) is 5.92 Å². The summed E-state index contributed by atoms with van der Waals surface area (Å²) < 4.78 is 0. The Labute approximate surface area is 145 Å². The molecular weight excluding hydrogens is 300 g/mol. The lowest BCUT2D eigenvalue weighted by atomic mass is 9.94. The van der Waals surface area contributed by atoms with E-state index < -0.39 is 0 Å². The molecule has 4 fully saturated rings. The Kier molecular flexibility index (Phi) is 4.82. The van der Waals surface area contributed by atoms with Gasteiger partial charge in [0, 0.05) is 31.1 Å². The van der Waals surface area contributed by atoms with Gasteiger partial charge in [-0.15, -0.1) is 0 Å². The predicted molar refractivity (Wildman–Crippen MR) is 93.4 cm³/mol. The number of hydrogen-bond acceptors (Lipinski definition) is 2. The van der Waals surface area contributed by atoms with Crippen LogP contribution < -0.4 is 0 Å². The van der Waals surface area contributed by atoms with Crippen molar-refractivity contribution in [3.8, 4) is 0 Å². The normalized spacial score (nSPS) is 29.2. The van der Waals surface area contributed by atoms with Crippen molar-refractivity contribution in [2.75, 3.05) is 13.1 Å². The van der Waals surface area contributed by atoms with Gasteiger partial charge in [0.25, 0.3) is 0 Å². The first-order valence-electron chi connectivity index (χ1n) is 10.3. The van der Waals surface area contributed by atoms with E-state index >= 15 is 0 Å². The third-order valence-corrected chi connectivity index (χ3v) is 6.70. The Bertz CT molecular complexity index is 460. The molecule has 0 radical (unpaired) electrons. The number of nitrogens with zero attached hydrogens (tertiary/aromatic N) is 2. The summed E-state index contributed by atoms with van der Waals surface area (Å²) in [4.78, 5) is 30.1. The van der Waals surface area contributed by atoms with Crippen LogP contribution in [0, 0.1) is 11.8 Å². The molecule has 4 rings (SSSR count). The largest absolute Gasteiger partial charge is 0.342 e. The average Bonchev–Trinajstić information content (AvgIpc) is 3.08. The van der Waals surface area contributed by atoms with Crippen molar-refractivity contribution < 1.29 is 9.59 Å². The molecule has 3 saturated carbocycles. The molecule has 1 saturated heterocycles. The van der Waals surface area contributed by atoms with Gasteiger partial charge in [-0.2, -0.15) is 0 Å². The van der Waals surface area contributed by atoms with Crippen LogP contribution in [0.5, 0.6) is 0 Å². The van der Waals surface area contributed by atoms with Gasteiger partial charge in [-0.25, -0.2) is 0 Å². The highest BCUT2D eigenvalue weighted by Gasteiger charge is 2.41. The van der Waals surface area contributed by atoms with Crippen molar-refractivity contribution in [3.63, 3.8) is 0 Å². The number of likely N-dealkylation sites (tertiary alicyclic amines) is 1. The Morgan fingerprint density at radius 3 is 1.83 bits per heavy atom. The summed E-state index contributed by atoms with van der Waals surface area (Å²) in [5.74, 6) is 1.03. The third kappa shape index (κ3) is 3.34. The monoisotopic (exact) mass is 332 g/mol. The van der Waals surface area contributed by atoms with E-state index in [2.05, 4.69) is 4.90 Å². The summed E-state index contributed by atoms with van der Waals surface area (Å²) in [5.41, 5.74) is 0. The van der Waals surface area contributed by atoms with Crippen molar-refractivity contribution in [3.05, 3.63) is 0 Å². The number of amides is 2. The van der Waals surface area contributed by atoms with Crippen LogP contribution in [0.1, 0.15) is 77.0 Å². The van der Waals surface area contributed by atoms with Crippen LogP contribution in [-0.4, -0.2) is 46.8 Å². The molecule has 0 unspecified atom stereocenters. The minimum atomic E-state index is 0.0580. The first kappa shape index (κ1) is 16.4. The van der Waals surface area contributed by atoms with Crippen molar-refractivity contribution in [1.82, 2.24) is 9.80 Å². The average molecular weight is 332 g/mol. The molecule has 3 aliphatic carbocycles. The lowest BCUT2D eigenvalue weighted by Crippen LogP contribution is -2.52. The van der Waals surface area contributed by atoms with Gasteiger partial charge in [0.2, 0.25) is 11.8 Å². The van der Waals surface area contributed by atoms with Gasteiger partial charge < -0.3 is 9.80 Å². The molecule has 0 aromatic heterocycles. The van der Waals surface area contributed by atoms with Crippen molar-refractivity contribution in [2.45, 2.75) is 89.1 Å². The molecule has 24 heavy (non-hydrogen) atoms. The van der Waals surface area contributed by atoms with Crippen LogP contribution >= 0.6 is 0 Å². The van der Waals surface area contributed by atoms with Crippen LogP contribution in [0.25, 0.3) is 0 Å². The lowest BCUT2D eigenvalue weighted by molar-refractivity contribution is -0.145. The van der Waals surface area contributed by atoms with Gasteiger partial charge >= 0.3 is 0 Å². The van der Waals surface area contributed by atoms with Gasteiger partial charge in [-0.1, -0.05) is 25.7 Å². The molecule has 0 aromatic carbocycles. The van der Waals surface area contributed by atoms with Gasteiger partial charge in [-0.3, -0.25) is 9.59 Å². The summed E-state index contributed by atoms with van der Waals surface area (Å²) in [6.45, 7) is 1.55. The summed E-state index contributed by atoms with van der Waals surface area (Å²) in [5, 5.41) is 0. The Balaban J connectivity index is 1.45. The predicted octanol–water partition coefficient (Wildman–Crippen LogP) is 3.35. The minimum absolute atomic E-state index is 0.0580. The smallest absolute Gasteiger partial charge is 0.227 e. The second kappa shape index (κ2) is 7.05. The highest BCUT2D eigenvalue weighted by Crippen LogP contribution is 2.35. The highest BCUT2D eigenvalue weighted by molar-refractivity contribution is 5.84. The van der Waals surface area contributed by atoms with Crippen molar-refractivity contribution in [1.29, 1.82) is 0 Å². The standard InChI is InChI=1S/C20H32N2O2/c23-19(15-11-12-15)21-13-5-6-16(14-21)20(24)22(17-7-1-2-8-17)18-9-3-4-10-18/h15-18H,1-14H2/t16-/m0/s1. The molecule has 1 atom stereocenters. The van der Waals surface area contributed by atoms with Crippen LogP contribution in [0.4, 0.5) is 0 Å². The fourth-order valence-corrected chi connectivity index (χ4v) is 5.20. The van der Waals surface area contributed by atoms with E-state index in [1.807, 2.05) is 4.90 Å². The second-order valence-corrected chi connectivity index (χ2v) is 8.52. The fourth-order valence-electron chi connectivity index (χ4n) is 5.20. The van der Waals surface area contributed by atoms with Crippen molar-refractivity contribution in [2.24, 2.45) is 11.8 Å². The molecule has 1 aliphatic heterocycles. The molecule has 4 aliphatic rings. The van der Waals surface area contributed by atoms with Crippen LogP contribution in [-0.2, 0) is 9.59 Å². The quantitative estimate of drug-likeness (QED) is 0.792. The molecule has 1 heterocycles. The molecular formula is C20H32N2O2. The molecule has 0 N–H and O–H groups in total. The van der Waals surface area contributed by atoms with Gasteiger partial charge in [-0.05, 0) is 51.4 Å². The molecule has 0 spiro atoms. The van der Waals surface area contributed by atoms with Gasteiger partial charge in [0.15, 0.2) is 0 Å². The van der Waals surface area contributed by atoms with E-state index in [0.717, 1.165) is 32.2 Å². The first-order valence-corrected chi connectivity index (χ1v) is 10.3. The topological polar surface area (TPSA) is 40.6 Å². The van der Waals surface area contributed by atoms with Crippen LogP contribution in [0.2, 0.25) is 0 Å². The summed E-state index contributed by atoms with van der Waals surface area (Å²) in [7, 11) is 0. The number of rotatable bonds is 4. The lowest BCUT2D eigenvalue weighted by Gasteiger charge is -2.40. The molecule has 4 heteroatoms. The number of piperidine rings is 1. The van der Waals surface area contributed by atoms with E-state index in [1.165, 1.54) is 51.4 Å². The Hall–Kier alpha value is -1.06. The minimum Gasteiger partial charge on any atom is -0.342 e. The highest BCUT2D eigenvalue weighted by atomic mass is 16.2.